The van der Waals surface area contributed by atoms with Crippen LogP contribution in [-0.4, -0.2) is 21.6 Å². The number of nitrogens with two attached hydrogens (primary N) is 1. The Labute approximate surface area is 108 Å². The van der Waals surface area contributed by atoms with Crippen LogP contribution in [-0.2, 0) is 17.8 Å². The number of hydrazine groups is 1. The van der Waals surface area contributed by atoms with Gasteiger partial charge in [0, 0.05) is 12.0 Å². The summed E-state index contributed by atoms with van der Waals surface area (Å²) in [6.45, 7) is 1.05. The monoisotopic (exact) mass is 261 g/mol. The Morgan fingerprint density at radius 2 is 2.21 bits per heavy atom. The Bertz CT molecular complexity index is 585. The molecular weight excluding hydrogens is 249 g/mol. The molecule has 7 heteroatoms. The summed E-state index contributed by atoms with van der Waals surface area (Å²) < 4.78 is 18.2. The van der Waals surface area contributed by atoms with Crippen LogP contribution >= 0.6 is 0 Å². The van der Waals surface area contributed by atoms with Gasteiger partial charge in [0.1, 0.15) is 17.3 Å². The maximum atomic E-state index is 12.9. The van der Waals surface area contributed by atoms with E-state index in [0.29, 0.717) is 37.0 Å². The van der Waals surface area contributed by atoms with Gasteiger partial charge in [-0.3, -0.25) is 0 Å². The maximum Gasteiger partial charge on any atom is 0.180 e. The number of hydrogen-bond donors (Lipinski definition) is 2. The minimum absolute atomic E-state index is 0.396. The van der Waals surface area contributed by atoms with Crippen molar-refractivity contribution in [1.82, 2.24) is 15.0 Å². The fraction of sp³-hybridized carbons (Fsp3) is 0.250. The lowest BCUT2D eigenvalue weighted by atomic mass is 10.1. The zero-order chi connectivity index (χ0) is 13.2. The fourth-order valence-corrected chi connectivity index (χ4v) is 1.97. The van der Waals surface area contributed by atoms with Crippen LogP contribution in [0.2, 0.25) is 0 Å². The second kappa shape index (κ2) is 4.87. The molecule has 0 aromatic carbocycles. The highest BCUT2D eigenvalue weighted by Crippen LogP contribution is 2.24. The van der Waals surface area contributed by atoms with Crippen molar-refractivity contribution in [3.63, 3.8) is 0 Å². The molecule has 0 unspecified atom stereocenters. The van der Waals surface area contributed by atoms with E-state index in [1.165, 1.54) is 12.1 Å². The third-order valence-electron chi connectivity index (χ3n) is 2.92. The van der Waals surface area contributed by atoms with Crippen LogP contribution in [0.15, 0.2) is 18.3 Å². The van der Waals surface area contributed by atoms with Crippen molar-refractivity contribution in [1.29, 1.82) is 0 Å². The molecule has 0 spiro atoms. The molecule has 6 nitrogen and oxygen atoms in total. The van der Waals surface area contributed by atoms with E-state index >= 15 is 0 Å². The number of pyridine rings is 1. The number of hydrogen-bond acceptors (Lipinski definition) is 6. The van der Waals surface area contributed by atoms with Crippen LogP contribution < -0.4 is 11.3 Å². The van der Waals surface area contributed by atoms with Gasteiger partial charge in [-0.25, -0.2) is 25.2 Å². The van der Waals surface area contributed by atoms with Crippen molar-refractivity contribution in [2.24, 2.45) is 5.84 Å². The van der Waals surface area contributed by atoms with Crippen molar-refractivity contribution >= 4 is 5.82 Å². The van der Waals surface area contributed by atoms with Crippen LogP contribution in [0.4, 0.5) is 10.2 Å². The molecule has 0 aliphatic carbocycles. The highest BCUT2D eigenvalue weighted by Gasteiger charge is 2.18. The highest BCUT2D eigenvalue weighted by atomic mass is 19.1. The van der Waals surface area contributed by atoms with Gasteiger partial charge >= 0.3 is 0 Å². The van der Waals surface area contributed by atoms with Crippen LogP contribution in [0, 0.1) is 5.82 Å². The average Bonchev–Trinajstić information content (AvgIpc) is 2.47. The van der Waals surface area contributed by atoms with E-state index in [0.717, 1.165) is 17.5 Å². The van der Waals surface area contributed by atoms with E-state index in [9.17, 15) is 4.39 Å². The van der Waals surface area contributed by atoms with E-state index in [4.69, 9.17) is 10.6 Å². The van der Waals surface area contributed by atoms with Gasteiger partial charge in [0.05, 0.1) is 25.1 Å². The molecule has 0 radical (unpaired) electrons. The van der Waals surface area contributed by atoms with Gasteiger partial charge in [-0.05, 0) is 12.1 Å². The highest BCUT2D eigenvalue weighted by molar-refractivity contribution is 5.56. The van der Waals surface area contributed by atoms with Crippen molar-refractivity contribution < 1.29 is 9.13 Å². The van der Waals surface area contributed by atoms with Gasteiger partial charge in [0.25, 0.3) is 0 Å². The first-order valence-corrected chi connectivity index (χ1v) is 5.84. The van der Waals surface area contributed by atoms with Crippen molar-refractivity contribution in [2.45, 2.75) is 13.0 Å². The number of aromatic nitrogens is 3. The summed E-state index contributed by atoms with van der Waals surface area (Å²) in [4.78, 5) is 12.7. The van der Waals surface area contributed by atoms with E-state index in [-0.39, 0.29) is 0 Å². The quantitative estimate of drug-likeness (QED) is 0.620. The predicted octanol–water partition coefficient (Wildman–Crippen LogP) is 1.04. The number of fused-ring (bicyclic) bond motifs is 1. The molecule has 0 bridgehead atoms. The fourth-order valence-electron chi connectivity index (χ4n) is 1.97. The first-order valence-electron chi connectivity index (χ1n) is 5.84. The summed E-state index contributed by atoms with van der Waals surface area (Å²) >= 11 is 0. The summed E-state index contributed by atoms with van der Waals surface area (Å²) in [6.07, 6.45) is 1.83. The zero-order valence-electron chi connectivity index (χ0n) is 10.1. The van der Waals surface area contributed by atoms with Crippen LogP contribution in [0.3, 0.4) is 0 Å². The molecular formula is C12H12FN5O. The number of ether oxygens (including phenoxy) is 1. The number of nitrogens with zero attached hydrogens (tertiary/aromatic N) is 3. The van der Waals surface area contributed by atoms with Gasteiger partial charge in [-0.15, -0.1) is 0 Å². The second-order valence-electron chi connectivity index (χ2n) is 4.13. The first kappa shape index (κ1) is 11.9. The first-order chi connectivity index (χ1) is 9.28. The Morgan fingerprint density at radius 1 is 1.32 bits per heavy atom. The third kappa shape index (κ3) is 2.25. The van der Waals surface area contributed by atoms with E-state index in [1.54, 1.807) is 0 Å². The average molecular weight is 261 g/mol. The minimum Gasteiger partial charge on any atom is -0.376 e. The minimum atomic E-state index is -0.396. The Kier molecular flexibility index (Phi) is 3.06. The summed E-state index contributed by atoms with van der Waals surface area (Å²) in [6, 6.07) is 2.86. The molecule has 2 aromatic rings. The summed E-state index contributed by atoms with van der Waals surface area (Å²) in [5.41, 5.74) is 4.80. The van der Waals surface area contributed by atoms with E-state index < -0.39 is 5.82 Å². The molecule has 98 valence electrons. The topological polar surface area (TPSA) is 86.0 Å². The van der Waals surface area contributed by atoms with Gasteiger partial charge in [0.2, 0.25) is 0 Å². The summed E-state index contributed by atoms with van der Waals surface area (Å²) in [5, 5.41) is 0. The summed E-state index contributed by atoms with van der Waals surface area (Å²) in [5.74, 6) is 6.02. The van der Waals surface area contributed by atoms with Crippen molar-refractivity contribution in [3.8, 4) is 11.5 Å². The second-order valence-corrected chi connectivity index (χ2v) is 4.13. The van der Waals surface area contributed by atoms with E-state index in [2.05, 4.69) is 20.4 Å². The SMILES string of the molecule is NNc1nc(-c2ccc(F)cn2)nc2c1COCC2. The van der Waals surface area contributed by atoms with Crippen molar-refractivity contribution in [2.75, 3.05) is 12.0 Å². The molecule has 19 heavy (non-hydrogen) atoms. The smallest absolute Gasteiger partial charge is 0.180 e. The Balaban J connectivity index is 2.09. The van der Waals surface area contributed by atoms with Gasteiger partial charge < -0.3 is 10.2 Å². The lowest BCUT2D eigenvalue weighted by molar-refractivity contribution is 0.109. The van der Waals surface area contributed by atoms with Crippen LogP contribution in [0.5, 0.6) is 0 Å². The molecule has 1 aliphatic heterocycles. The summed E-state index contributed by atoms with van der Waals surface area (Å²) in [7, 11) is 0. The molecule has 3 rings (SSSR count). The zero-order valence-corrected chi connectivity index (χ0v) is 10.1. The molecule has 0 atom stereocenters. The molecule has 0 fully saturated rings. The third-order valence-corrected chi connectivity index (χ3v) is 2.92. The van der Waals surface area contributed by atoms with Gasteiger partial charge in [0.15, 0.2) is 5.82 Å². The normalized spacial score (nSPS) is 14.0. The maximum absolute atomic E-state index is 12.9. The molecule has 1 aliphatic rings. The lowest BCUT2D eigenvalue weighted by Gasteiger charge is -2.18. The number of halogens is 1. The van der Waals surface area contributed by atoms with E-state index in [1.807, 2.05) is 0 Å². The molecule has 2 aromatic heterocycles. The molecule has 3 heterocycles. The number of rotatable bonds is 2. The number of nitrogens with one attached hydrogen (secondary N) is 1. The van der Waals surface area contributed by atoms with Crippen molar-refractivity contribution in [3.05, 3.63) is 35.4 Å². The molecule has 0 amide bonds. The predicted molar refractivity (Wildman–Crippen MR) is 66.4 cm³/mol. The van der Waals surface area contributed by atoms with Gasteiger partial charge in [-0.2, -0.15) is 0 Å². The largest absolute Gasteiger partial charge is 0.376 e. The lowest BCUT2D eigenvalue weighted by Crippen LogP contribution is -2.19. The van der Waals surface area contributed by atoms with Gasteiger partial charge in [-0.1, -0.05) is 0 Å². The molecule has 0 saturated heterocycles. The van der Waals surface area contributed by atoms with Crippen LogP contribution in [0.25, 0.3) is 11.5 Å². The molecule has 3 N–H and O–H groups in total. The number of nitrogen functional groups attached to an aromatic ring is 1. The Morgan fingerprint density at radius 3 is 2.95 bits per heavy atom. The van der Waals surface area contributed by atoms with Crippen LogP contribution in [0.1, 0.15) is 11.3 Å². The molecule has 0 saturated carbocycles. The standard InChI is InChI=1S/C12H12FN5O/c13-7-1-2-10(15-5-7)12-16-9-3-4-19-6-8(9)11(17-12)18-14/h1-2,5H,3-4,6,14H2,(H,16,17,18). The Hall–Kier alpha value is -2.12. The number of anilines is 1.